The normalized spacial score (nSPS) is 11.9. The van der Waals surface area contributed by atoms with Crippen LogP contribution in [0.3, 0.4) is 0 Å². The number of carbonyl (C=O) groups excluding carboxylic acids is 1. The first-order chi connectivity index (χ1) is 14.5. The highest BCUT2D eigenvalue weighted by Gasteiger charge is 2.14. The van der Waals surface area contributed by atoms with Gasteiger partial charge >= 0.3 is 0 Å². The van der Waals surface area contributed by atoms with Gasteiger partial charge in [-0.15, -0.1) is 0 Å². The van der Waals surface area contributed by atoms with E-state index in [1.807, 2.05) is 6.07 Å². The van der Waals surface area contributed by atoms with Gasteiger partial charge in [0.15, 0.2) is 0 Å². The first-order valence-corrected chi connectivity index (χ1v) is 10.0. The van der Waals surface area contributed by atoms with Gasteiger partial charge in [0.05, 0.1) is 13.1 Å². The molecule has 0 radical (unpaired) electrons. The molecule has 0 unspecified atom stereocenters. The van der Waals surface area contributed by atoms with Crippen molar-refractivity contribution in [2.75, 3.05) is 13.1 Å². The van der Waals surface area contributed by atoms with Crippen molar-refractivity contribution >= 4 is 5.91 Å². The maximum absolute atomic E-state index is 13.3. The van der Waals surface area contributed by atoms with Crippen molar-refractivity contribution < 1.29 is 25.0 Å². The Balaban J connectivity index is 1.92. The quantitative estimate of drug-likeness (QED) is 0.523. The molecule has 0 aliphatic rings. The zero-order valence-corrected chi connectivity index (χ0v) is 16.8. The molecule has 0 heterocycles. The molecule has 0 aliphatic heterocycles. The molecule has 0 aliphatic carbocycles. The lowest BCUT2D eigenvalue weighted by Crippen LogP contribution is -2.65. The zero-order valence-electron chi connectivity index (χ0n) is 16.8. The Kier molecular flexibility index (Phi) is 7.27. The Labute approximate surface area is 174 Å². The smallest absolute Gasteiger partial charge is 0.251 e. The Hall–Kier alpha value is -3.09. The van der Waals surface area contributed by atoms with Gasteiger partial charge in [0.1, 0.15) is 17.7 Å². The van der Waals surface area contributed by atoms with Crippen molar-refractivity contribution in [2.45, 2.75) is 18.9 Å². The maximum atomic E-state index is 13.3. The fraction of sp³-hybridized carbons (Fsp3) is 0.208. The topological polar surface area (TPSA) is 84.4 Å². The average molecular weight is 411 g/mol. The number of nitrogens with one attached hydrogen (secondary N) is 1. The van der Waals surface area contributed by atoms with Gasteiger partial charge in [-0.1, -0.05) is 24.3 Å². The molecule has 3 rings (SSSR count). The summed E-state index contributed by atoms with van der Waals surface area (Å²) in [6, 6.07) is 17.8. The van der Waals surface area contributed by atoms with E-state index in [0.717, 1.165) is 41.6 Å². The van der Waals surface area contributed by atoms with Crippen LogP contribution in [0, 0.1) is 11.6 Å². The molecular formula is C24H27F2N3O+2. The second-order valence-corrected chi connectivity index (χ2v) is 7.38. The fourth-order valence-electron chi connectivity index (χ4n) is 3.25. The predicted molar refractivity (Wildman–Crippen MR) is 113 cm³/mol. The molecule has 30 heavy (non-hydrogen) atoms. The van der Waals surface area contributed by atoms with E-state index in [2.05, 4.69) is 16.8 Å². The number of halogens is 2. The molecule has 0 bridgehead atoms. The Morgan fingerprint density at radius 2 is 1.33 bits per heavy atom. The summed E-state index contributed by atoms with van der Waals surface area (Å²) in [5.41, 5.74) is 11.5. The second kappa shape index (κ2) is 10.1. The highest BCUT2D eigenvalue weighted by Crippen LogP contribution is 2.29. The Morgan fingerprint density at radius 1 is 0.833 bits per heavy atom. The molecule has 0 saturated heterocycles. The molecule has 1 amide bonds. The van der Waals surface area contributed by atoms with E-state index in [0.29, 0.717) is 12.1 Å². The van der Waals surface area contributed by atoms with E-state index >= 15 is 0 Å². The van der Waals surface area contributed by atoms with Crippen molar-refractivity contribution in [3.63, 3.8) is 0 Å². The van der Waals surface area contributed by atoms with Gasteiger partial charge in [-0.05, 0) is 64.7 Å². The molecule has 4 nitrogen and oxygen atoms in total. The molecule has 6 heteroatoms. The van der Waals surface area contributed by atoms with E-state index < -0.39 is 0 Å². The van der Waals surface area contributed by atoms with E-state index in [1.54, 1.807) is 36.4 Å². The van der Waals surface area contributed by atoms with Crippen molar-refractivity contribution in [1.29, 1.82) is 0 Å². The molecule has 156 valence electrons. The van der Waals surface area contributed by atoms with Gasteiger partial charge in [0.2, 0.25) is 0 Å². The molecule has 0 saturated carbocycles. The summed E-state index contributed by atoms with van der Waals surface area (Å²) >= 11 is 0. The van der Waals surface area contributed by atoms with Crippen molar-refractivity contribution in [2.24, 2.45) is 0 Å². The standard InChI is InChI=1S/C24H25F2N3O/c25-21-7-3-16(4-8-21)18-12-19(17-5-9-22(26)10-6-17)14-20(13-18)24(30)29-15-23(28)2-1-11-27/h3-10,12-14,23H,1-2,11,15,27-28H2,(H,29,30)/p+2/t23-/m0/s1. The number of benzene rings is 3. The number of carbonyl (C=O) groups is 1. The van der Waals surface area contributed by atoms with Gasteiger partial charge in [0.25, 0.3) is 5.91 Å². The van der Waals surface area contributed by atoms with Crippen LogP contribution in [0.4, 0.5) is 8.78 Å². The maximum Gasteiger partial charge on any atom is 0.251 e. The molecule has 0 aromatic heterocycles. The average Bonchev–Trinajstić information content (AvgIpc) is 2.76. The van der Waals surface area contributed by atoms with Crippen molar-refractivity contribution in [3.05, 3.63) is 83.9 Å². The SMILES string of the molecule is [NH3+]CCC[C@H]([NH3+])CNC(=O)c1cc(-c2ccc(F)cc2)cc(-c2ccc(F)cc2)c1. The van der Waals surface area contributed by atoms with Crippen LogP contribution in [0.25, 0.3) is 22.3 Å². The van der Waals surface area contributed by atoms with E-state index in [-0.39, 0.29) is 23.6 Å². The summed E-state index contributed by atoms with van der Waals surface area (Å²) in [6.07, 6.45) is 1.87. The molecule has 3 aromatic carbocycles. The van der Waals surface area contributed by atoms with E-state index in [1.165, 1.54) is 24.3 Å². The highest BCUT2D eigenvalue weighted by atomic mass is 19.1. The molecule has 0 fully saturated rings. The first-order valence-electron chi connectivity index (χ1n) is 10.0. The minimum atomic E-state index is -0.324. The van der Waals surface area contributed by atoms with E-state index in [4.69, 9.17) is 0 Å². The molecule has 3 aromatic rings. The van der Waals surface area contributed by atoms with Crippen LogP contribution >= 0.6 is 0 Å². The lowest BCUT2D eigenvalue weighted by Gasteiger charge is -2.13. The van der Waals surface area contributed by atoms with Gasteiger partial charge in [-0.2, -0.15) is 0 Å². The number of hydrogen-bond donors (Lipinski definition) is 3. The van der Waals surface area contributed by atoms with Crippen LogP contribution in [-0.4, -0.2) is 25.0 Å². The minimum absolute atomic E-state index is 0.118. The summed E-state index contributed by atoms with van der Waals surface area (Å²) in [5.74, 6) is -0.851. The minimum Gasteiger partial charge on any atom is -0.358 e. The third-order valence-corrected chi connectivity index (χ3v) is 4.96. The van der Waals surface area contributed by atoms with Crippen LogP contribution in [0.15, 0.2) is 66.7 Å². The molecule has 1 atom stereocenters. The fourth-order valence-corrected chi connectivity index (χ4v) is 3.25. The largest absolute Gasteiger partial charge is 0.358 e. The third-order valence-electron chi connectivity index (χ3n) is 4.96. The molecule has 0 spiro atoms. The lowest BCUT2D eigenvalue weighted by atomic mass is 9.95. The molecule has 7 N–H and O–H groups in total. The van der Waals surface area contributed by atoms with Crippen LogP contribution in [0.2, 0.25) is 0 Å². The predicted octanol–water partition coefficient (Wildman–Crippen LogP) is 2.66. The zero-order chi connectivity index (χ0) is 21.5. The highest BCUT2D eigenvalue weighted by molar-refractivity contribution is 5.97. The summed E-state index contributed by atoms with van der Waals surface area (Å²) in [4.78, 5) is 12.8. The van der Waals surface area contributed by atoms with Crippen LogP contribution in [-0.2, 0) is 0 Å². The third kappa shape index (κ3) is 5.72. The number of amides is 1. The van der Waals surface area contributed by atoms with E-state index in [9.17, 15) is 13.6 Å². The van der Waals surface area contributed by atoms with Gasteiger partial charge in [-0.25, -0.2) is 8.78 Å². The summed E-state index contributed by atoms with van der Waals surface area (Å²) in [6.45, 7) is 1.33. The van der Waals surface area contributed by atoms with Crippen LogP contribution < -0.4 is 16.8 Å². The summed E-state index contributed by atoms with van der Waals surface area (Å²) in [7, 11) is 0. The Morgan fingerprint density at radius 3 is 1.80 bits per heavy atom. The van der Waals surface area contributed by atoms with Crippen LogP contribution in [0.5, 0.6) is 0 Å². The van der Waals surface area contributed by atoms with Gasteiger partial charge in [0, 0.05) is 18.4 Å². The molecular weight excluding hydrogens is 384 g/mol. The lowest BCUT2D eigenvalue weighted by molar-refractivity contribution is -0.423. The van der Waals surface area contributed by atoms with Gasteiger partial charge in [-0.3, -0.25) is 4.79 Å². The Bertz CT molecular complexity index is 925. The summed E-state index contributed by atoms with van der Waals surface area (Å²) in [5, 5.41) is 2.94. The van der Waals surface area contributed by atoms with Crippen LogP contribution in [0.1, 0.15) is 23.2 Å². The second-order valence-electron chi connectivity index (χ2n) is 7.38. The number of hydrogen-bond acceptors (Lipinski definition) is 1. The van der Waals surface area contributed by atoms with Crippen molar-refractivity contribution in [3.8, 4) is 22.3 Å². The summed E-state index contributed by atoms with van der Waals surface area (Å²) < 4.78 is 26.7. The number of quaternary nitrogens is 2. The van der Waals surface area contributed by atoms with Gasteiger partial charge < -0.3 is 16.8 Å². The number of rotatable bonds is 8. The monoisotopic (exact) mass is 411 g/mol. The van der Waals surface area contributed by atoms with Crippen molar-refractivity contribution in [1.82, 2.24) is 5.32 Å². The first kappa shape index (κ1) is 21.6.